The lowest BCUT2D eigenvalue weighted by Crippen LogP contribution is -2.17. The van der Waals surface area contributed by atoms with Crippen molar-refractivity contribution in [3.8, 4) is 0 Å². The zero-order chi connectivity index (χ0) is 20.1. The highest BCUT2D eigenvalue weighted by atomic mass is 19.2. The number of benzene rings is 2. The van der Waals surface area contributed by atoms with Crippen molar-refractivity contribution in [3.63, 3.8) is 0 Å². The van der Waals surface area contributed by atoms with Crippen molar-refractivity contribution in [2.75, 3.05) is 0 Å². The van der Waals surface area contributed by atoms with Crippen molar-refractivity contribution in [1.82, 2.24) is 0 Å². The zero-order valence-electron chi connectivity index (χ0n) is 16.5. The Morgan fingerprint density at radius 2 is 1.64 bits per heavy atom. The summed E-state index contributed by atoms with van der Waals surface area (Å²) in [6.45, 7) is 2.13. The number of hydrogen-bond donors (Lipinski definition) is 0. The molecule has 4 heteroatoms. The van der Waals surface area contributed by atoms with Crippen molar-refractivity contribution in [2.24, 2.45) is 5.92 Å². The molecule has 0 spiro atoms. The lowest BCUT2D eigenvalue weighted by Gasteiger charge is -2.25. The van der Waals surface area contributed by atoms with Crippen molar-refractivity contribution in [2.45, 2.75) is 71.1 Å². The summed E-state index contributed by atoms with van der Waals surface area (Å²) >= 11 is 0. The van der Waals surface area contributed by atoms with Crippen LogP contribution in [-0.4, -0.2) is 0 Å². The molecule has 0 saturated heterocycles. The molecule has 0 amide bonds. The summed E-state index contributed by atoms with van der Waals surface area (Å²) in [6, 6.07) is 5.74. The molecular weight excluding hydrogens is 364 g/mol. The van der Waals surface area contributed by atoms with Gasteiger partial charge in [-0.05, 0) is 85.8 Å². The van der Waals surface area contributed by atoms with Crippen molar-refractivity contribution < 1.29 is 17.6 Å². The van der Waals surface area contributed by atoms with Gasteiger partial charge in [0.25, 0.3) is 0 Å². The summed E-state index contributed by atoms with van der Waals surface area (Å²) in [5, 5.41) is 0. The average Bonchev–Trinajstić information content (AvgIpc) is 2.67. The molecule has 0 nitrogen and oxygen atoms in total. The van der Waals surface area contributed by atoms with Crippen LogP contribution in [0.4, 0.5) is 17.6 Å². The highest BCUT2D eigenvalue weighted by Crippen LogP contribution is 2.31. The molecule has 0 aromatic heterocycles. The molecule has 0 N–H and O–H groups in total. The third-order valence-corrected chi connectivity index (χ3v) is 5.93. The van der Waals surface area contributed by atoms with E-state index in [-0.39, 0.29) is 11.5 Å². The van der Waals surface area contributed by atoms with Gasteiger partial charge in [-0.2, -0.15) is 0 Å². The molecule has 1 atom stereocenters. The van der Waals surface area contributed by atoms with Crippen LogP contribution in [0.1, 0.15) is 67.7 Å². The highest BCUT2D eigenvalue weighted by Gasteiger charge is 2.23. The van der Waals surface area contributed by atoms with Crippen LogP contribution in [0.15, 0.2) is 24.3 Å². The third kappa shape index (κ3) is 4.95. The molecule has 0 bridgehead atoms. The largest absolute Gasteiger partial charge is 0.207 e. The SMILES string of the molecule is CCCCCCc1cc(F)c(CCC2CCc3c(ccc(F)c3F)C2)c(F)c1. The minimum atomic E-state index is -0.809. The van der Waals surface area contributed by atoms with E-state index in [2.05, 4.69) is 6.92 Å². The number of halogens is 4. The Bertz CT molecular complexity index is 789. The van der Waals surface area contributed by atoms with Crippen LogP contribution in [0.3, 0.4) is 0 Å². The molecule has 3 rings (SSSR count). The minimum Gasteiger partial charge on any atom is -0.207 e. The predicted octanol–water partition coefficient (Wildman–Crippen LogP) is 7.10. The molecule has 0 radical (unpaired) electrons. The standard InChI is InChI=1S/C24H28F4/c1-2-3-4-5-6-17-14-22(26)20(23(27)15-17)11-8-16-7-10-19-18(13-16)9-12-21(25)24(19)28/h9,12,14-16H,2-8,10-11,13H2,1H3. The van der Waals surface area contributed by atoms with Gasteiger partial charge >= 0.3 is 0 Å². The molecule has 2 aromatic rings. The summed E-state index contributed by atoms with van der Waals surface area (Å²) in [5.41, 5.74) is 2.15. The topological polar surface area (TPSA) is 0 Å². The lowest BCUT2D eigenvalue weighted by atomic mass is 9.80. The van der Waals surface area contributed by atoms with Gasteiger partial charge in [-0.25, -0.2) is 17.6 Å². The van der Waals surface area contributed by atoms with Crippen LogP contribution in [-0.2, 0) is 25.7 Å². The maximum atomic E-state index is 14.4. The molecule has 0 fully saturated rings. The van der Waals surface area contributed by atoms with E-state index in [4.69, 9.17) is 0 Å². The molecule has 0 aliphatic heterocycles. The maximum absolute atomic E-state index is 14.4. The van der Waals surface area contributed by atoms with Gasteiger partial charge in [0, 0.05) is 5.56 Å². The fraction of sp³-hybridized carbons (Fsp3) is 0.500. The summed E-state index contributed by atoms with van der Waals surface area (Å²) in [7, 11) is 0. The summed E-state index contributed by atoms with van der Waals surface area (Å²) in [4.78, 5) is 0. The van der Waals surface area contributed by atoms with Gasteiger partial charge < -0.3 is 0 Å². The van der Waals surface area contributed by atoms with Gasteiger partial charge in [-0.3, -0.25) is 0 Å². The van der Waals surface area contributed by atoms with E-state index in [0.29, 0.717) is 44.1 Å². The Kier molecular flexibility index (Phi) is 7.14. The van der Waals surface area contributed by atoms with E-state index in [9.17, 15) is 17.6 Å². The predicted molar refractivity (Wildman–Crippen MR) is 104 cm³/mol. The minimum absolute atomic E-state index is 0.147. The first-order valence-electron chi connectivity index (χ1n) is 10.4. The van der Waals surface area contributed by atoms with Crippen molar-refractivity contribution in [1.29, 1.82) is 0 Å². The summed E-state index contributed by atoms with van der Waals surface area (Å²) < 4.78 is 56.1. The molecule has 2 aromatic carbocycles. The maximum Gasteiger partial charge on any atom is 0.162 e. The van der Waals surface area contributed by atoms with Crippen LogP contribution < -0.4 is 0 Å². The lowest BCUT2D eigenvalue weighted by molar-refractivity contribution is 0.403. The normalized spacial score (nSPS) is 16.2. The molecule has 1 aliphatic rings. The number of rotatable bonds is 8. The van der Waals surface area contributed by atoms with Gasteiger partial charge in [-0.15, -0.1) is 0 Å². The second kappa shape index (κ2) is 9.58. The molecule has 152 valence electrons. The summed E-state index contributed by atoms with van der Waals surface area (Å²) in [6.07, 6.45) is 7.80. The number of fused-ring (bicyclic) bond motifs is 1. The Hall–Kier alpha value is -1.84. The van der Waals surface area contributed by atoms with E-state index in [0.717, 1.165) is 42.9 Å². The van der Waals surface area contributed by atoms with Gasteiger partial charge in [0.15, 0.2) is 11.6 Å². The van der Waals surface area contributed by atoms with E-state index >= 15 is 0 Å². The second-order valence-electron chi connectivity index (χ2n) is 8.00. The number of hydrogen-bond acceptors (Lipinski definition) is 0. The fourth-order valence-corrected chi connectivity index (χ4v) is 4.25. The number of aryl methyl sites for hydroxylation is 1. The van der Waals surface area contributed by atoms with Gasteiger partial charge in [0.1, 0.15) is 11.6 Å². The van der Waals surface area contributed by atoms with E-state index in [1.807, 2.05) is 0 Å². The van der Waals surface area contributed by atoms with Crippen LogP contribution in [0.25, 0.3) is 0 Å². The Morgan fingerprint density at radius 3 is 2.36 bits per heavy atom. The monoisotopic (exact) mass is 392 g/mol. The zero-order valence-corrected chi connectivity index (χ0v) is 16.5. The first kappa shape index (κ1) is 20.9. The molecule has 28 heavy (non-hydrogen) atoms. The van der Waals surface area contributed by atoms with Crippen LogP contribution in [0.2, 0.25) is 0 Å². The van der Waals surface area contributed by atoms with Gasteiger partial charge in [-0.1, -0.05) is 32.3 Å². The highest BCUT2D eigenvalue weighted by molar-refractivity contribution is 5.32. The average molecular weight is 392 g/mol. The molecule has 1 aliphatic carbocycles. The number of unbranched alkanes of at least 4 members (excludes halogenated alkanes) is 3. The van der Waals surface area contributed by atoms with Crippen LogP contribution in [0, 0.1) is 29.2 Å². The first-order chi connectivity index (χ1) is 13.5. The van der Waals surface area contributed by atoms with Gasteiger partial charge in [0.05, 0.1) is 0 Å². The van der Waals surface area contributed by atoms with Gasteiger partial charge in [0.2, 0.25) is 0 Å². The summed E-state index contributed by atoms with van der Waals surface area (Å²) in [5.74, 6) is -2.26. The fourth-order valence-electron chi connectivity index (χ4n) is 4.25. The van der Waals surface area contributed by atoms with E-state index in [1.54, 1.807) is 6.07 Å². The Morgan fingerprint density at radius 1 is 0.893 bits per heavy atom. The van der Waals surface area contributed by atoms with Crippen molar-refractivity contribution in [3.05, 3.63) is 69.8 Å². The molecular formula is C24H28F4. The third-order valence-electron chi connectivity index (χ3n) is 5.93. The Labute approximate surface area is 165 Å². The van der Waals surface area contributed by atoms with Crippen molar-refractivity contribution >= 4 is 0 Å². The van der Waals surface area contributed by atoms with E-state index < -0.39 is 23.3 Å². The van der Waals surface area contributed by atoms with E-state index in [1.165, 1.54) is 12.1 Å². The quantitative estimate of drug-likeness (QED) is 0.332. The van der Waals surface area contributed by atoms with Crippen LogP contribution >= 0.6 is 0 Å². The first-order valence-corrected chi connectivity index (χ1v) is 10.4. The smallest absolute Gasteiger partial charge is 0.162 e. The second-order valence-corrected chi connectivity index (χ2v) is 8.00. The molecule has 0 heterocycles. The Balaban J connectivity index is 1.59. The molecule has 1 unspecified atom stereocenters. The molecule has 0 saturated carbocycles. The van der Waals surface area contributed by atoms with Crippen LogP contribution in [0.5, 0.6) is 0 Å².